The summed E-state index contributed by atoms with van der Waals surface area (Å²) in [6, 6.07) is 0. The third kappa shape index (κ3) is 4.20. The van der Waals surface area contributed by atoms with Gasteiger partial charge in [0.2, 0.25) is 0 Å². The van der Waals surface area contributed by atoms with Crippen LogP contribution in [0.3, 0.4) is 0 Å². The molecule has 0 aliphatic heterocycles. The van der Waals surface area contributed by atoms with Crippen molar-refractivity contribution in [3.63, 3.8) is 0 Å². The fraction of sp³-hybridized carbons (Fsp3) is 0.750. The van der Waals surface area contributed by atoms with Crippen molar-refractivity contribution in [3.8, 4) is 0 Å². The van der Waals surface area contributed by atoms with Gasteiger partial charge in [-0.1, -0.05) is 13.3 Å². The largest absolute Gasteiger partial charge is 0.481 e. The number of esters is 1. The van der Waals surface area contributed by atoms with E-state index in [0.29, 0.717) is 6.42 Å². The number of hydrogen-bond donors (Lipinski definition) is 3. The highest BCUT2D eigenvalue weighted by atomic mass is 16.5. The number of unbranched alkanes of at least 4 members (excludes halogenated alkanes) is 1. The van der Waals surface area contributed by atoms with Crippen LogP contribution in [0, 0.1) is 5.92 Å². The molecule has 0 aromatic rings. The Bertz CT molecular complexity index is 206. The van der Waals surface area contributed by atoms with Gasteiger partial charge < -0.3 is 21.3 Å². The van der Waals surface area contributed by atoms with Crippen LogP contribution in [0.2, 0.25) is 0 Å². The maximum atomic E-state index is 11.1. The lowest BCUT2D eigenvalue weighted by Crippen LogP contribution is -2.47. The summed E-state index contributed by atoms with van der Waals surface area (Å²) >= 11 is 0. The lowest BCUT2D eigenvalue weighted by molar-refractivity contribution is -0.159. The smallest absolute Gasteiger partial charge is 0.323 e. The van der Waals surface area contributed by atoms with Crippen LogP contribution in [-0.2, 0) is 14.3 Å². The van der Waals surface area contributed by atoms with Crippen LogP contribution < -0.4 is 11.5 Å². The van der Waals surface area contributed by atoms with Crippen LogP contribution in [-0.4, -0.2) is 29.8 Å². The molecule has 0 fully saturated rings. The van der Waals surface area contributed by atoms with Crippen molar-refractivity contribution in [2.24, 2.45) is 17.4 Å². The minimum atomic E-state index is -1.48. The Morgan fingerprint density at radius 2 is 2.00 bits per heavy atom. The zero-order valence-electron chi connectivity index (χ0n) is 8.10. The molecule has 6 nitrogen and oxygen atoms in total. The molecule has 0 aliphatic rings. The van der Waals surface area contributed by atoms with E-state index in [1.807, 2.05) is 6.92 Å². The van der Waals surface area contributed by atoms with E-state index in [0.717, 1.165) is 6.42 Å². The number of carbonyl (C=O) groups is 2. The normalized spacial score (nSPS) is 12.6. The second-order valence-electron chi connectivity index (χ2n) is 2.91. The van der Waals surface area contributed by atoms with E-state index >= 15 is 0 Å². The Balaban J connectivity index is 4.10. The van der Waals surface area contributed by atoms with E-state index in [1.54, 1.807) is 0 Å². The fourth-order valence-electron chi connectivity index (χ4n) is 0.829. The van der Waals surface area contributed by atoms with Crippen LogP contribution in [0.1, 0.15) is 19.8 Å². The van der Waals surface area contributed by atoms with Crippen LogP contribution in [0.5, 0.6) is 0 Å². The predicted molar refractivity (Wildman–Crippen MR) is 49.2 cm³/mol. The lowest BCUT2D eigenvalue weighted by Gasteiger charge is -2.14. The molecule has 0 saturated heterocycles. The summed E-state index contributed by atoms with van der Waals surface area (Å²) in [6.07, 6.45) is 0.319. The molecule has 0 aromatic heterocycles. The Labute approximate surface area is 82.2 Å². The fourth-order valence-corrected chi connectivity index (χ4v) is 0.829. The van der Waals surface area contributed by atoms with Gasteiger partial charge in [-0.15, -0.1) is 0 Å². The molecule has 0 aliphatic carbocycles. The van der Waals surface area contributed by atoms with Crippen molar-refractivity contribution < 1.29 is 19.4 Å². The quantitative estimate of drug-likeness (QED) is 0.227. The van der Waals surface area contributed by atoms with Gasteiger partial charge in [-0.05, 0) is 6.42 Å². The van der Waals surface area contributed by atoms with Crippen LogP contribution in [0.15, 0.2) is 0 Å². The van der Waals surface area contributed by atoms with Gasteiger partial charge in [0, 0.05) is 0 Å². The molecule has 0 bridgehead atoms. The zero-order chi connectivity index (χ0) is 11.1. The first-order valence-corrected chi connectivity index (χ1v) is 4.41. The summed E-state index contributed by atoms with van der Waals surface area (Å²) in [5, 5.41) is 8.61. The highest BCUT2D eigenvalue weighted by Crippen LogP contribution is 2.02. The molecule has 0 radical (unpaired) electrons. The Hall–Kier alpha value is -1.14. The average molecular weight is 204 g/mol. The van der Waals surface area contributed by atoms with E-state index < -0.39 is 24.0 Å². The highest BCUT2D eigenvalue weighted by Gasteiger charge is 2.31. The van der Waals surface area contributed by atoms with Crippen molar-refractivity contribution in [2.75, 3.05) is 6.61 Å². The molecule has 6 heteroatoms. The molecule has 14 heavy (non-hydrogen) atoms. The molecule has 0 spiro atoms. The molecule has 1 atom stereocenters. The van der Waals surface area contributed by atoms with Gasteiger partial charge in [0.05, 0.1) is 12.8 Å². The standard InChI is InChI=1S/C8H16N2O4/c1-2-3-4-14-8(13)5(6(9)10)7(11)12/h5-6H,2-4,9-10H2,1H3,(H,11,12). The summed E-state index contributed by atoms with van der Waals surface area (Å²) in [5.41, 5.74) is 10.3. The van der Waals surface area contributed by atoms with Crippen molar-refractivity contribution in [2.45, 2.75) is 25.9 Å². The van der Waals surface area contributed by atoms with Gasteiger partial charge >= 0.3 is 11.9 Å². The number of carboxylic acid groups (broad SMARTS) is 1. The minimum absolute atomic E-state index is 0.200. The van der Waals surface area contributed by atoms with Crippen molar-refractivity contribution in [1.82, 2.24) is 0 Å². The number of hydrogen-bond acceptors (Lipinski definition) is 5. The SMILES string of the molecule is CCCCOC(=O)C(C(=O)O)C(N)N. The van der Waals surface area contributed by atoms with Gasteiger partial charge in [-0.25, -0.2) is 0 Å². The maximum absolute atomic E-state index is 11.1. The first-order chi connectivity index (χ1) is 6.50. The first-order valence-electron chi connectivity index (χ1n) is 4.41. The second kappa shape index (κ2) is 6.33. The van der Waals surface area contributed by atoms with Crippen LogP contribution in [0.25, 0.3) is 0 Å². The number of carbonyl (C=O) groups excluding carboxylic acids is 1. The van der Waals surface area contributed by atoms with Crippen LogP contribution in [0.4, 0.5) is 0 Å². The lowest BCUT2D eigenvalue weighted by atomic mass is 10.1. The van der Waals surface area contributed by atoms with E-state index in [9.17, 15) is 9.59 Å². The molecular formula is C8H16N2O4. The summed E-state index contributed by atoms with van der Waals surface area (Å²) in [4.78, 5) is 21.7. The number of aliphatic carboxylic acids is 1. The average Bonchev–Trinajstić information content (AvgIpc) is 2.03. The third-order valence-corrected chi connectivity index (χ3v) is 1.65. The van der Waals surface area contributed by atoms with Gasteiger partial charge in [0.15, 0.2) is 5.92 Å². The predicted octanol–water partition coefficient (Wildman–Crippen LogP) is -0.726. The number of rotatable bonds is 6. The van der Waals surface area contributed by atoms with E-state index in [2.05, 4.69) is 4.74 Å². The maximum Gasteiger partial charge on any atom is 0.323 e. The molecule has 0 amide bonds. The topological polar surface area (TPSA) is 116 Å². The summed E-state index contributed by atoms with van der Waals surface area (Å²) < 4.78 is 4.69. The Morgan fingerprint density at radius 1 is 1.43 bits per heavy atom. The summed E-state index contributed by atoms with van der Waals surface area (Å²) in [5.74, 6) is -3.71. The molecule has 5 N–H and O–H groups in total. The second-order valence-corrected chi connectivity index (χ2v) is 2.91. The van der Waals surface area contributed by atoms with Crippen molar-refractivity contribution in [3.05, 3.63) is 0 Å². The van der Waals surface area contributed by atoms with E-state index in [-0.39, 0.29) is 6.61 Å². The number of nitrogens with two attached hydrogens (primary N) is 2. The zero-order valence-corrected chi connectivity index (χ0v) is 8.10. The molecule has 0 rings (SSSR count). The molecule has 82 valence electrons. The molecular weight excluding hydrogens is 188 g/mol. The van der Waals surface area contributed by atoms with Gasteiger partial charge in [0.1, 0.15) is 0 Å². The molecule has 0 heterocycles. The molecule has 0 aromatic carbocycles. The van der Waals surface area contributed by atoms with Crippen molar-refractivity contribution >= 4 is 11.9 Å². The Kier molecular flexibility index (Phi) is 5.82. The third-order valence-electron chi connectivity index (χ3n) is 1.65. The highest BCUT2D eigenvalue weighted by molar-refractivity contribution is 5.94. The number of carboxylic acids is 1. The van der Waals surface area contributed by atoms with Crippen LogP contribution >= 0.6 is 0 Å². The minimum Gasteiger partial charge on any atom is -0.481 e. The van der Waals surface area contributed by atoms with Gasteiger partial charge in [0.25, 0.3) is 0 Å². The monoisotopic (exact) mass is 204 g/mol. The number of ether oxygens (including phenoxy) is 1. The van der Waals surface area contributed by atoms with E-state index in [4.69, 9.17) is 16.6 Å². The Morgan fingerprint density at radius 3 is 2.36 bits per heavy atom. The first kappa shape index (κ1) is 12.9. The molecule has 1 unspecified atom stereocenters. The van der Waals surface area contributed by atoms with Gasteiger partial charge in [-0.3, -0.25) is 9.59 Å². The molecule has 0 saturated carbocycles. The van der Waals surface area contributed by atoms with Gasteiger partial charge in [-0.2, -0.15) is 0 Å². The summed E-state index contributed by atoms with van der Waals surface area (Å²) in [7, 11) is 0. The summed E-state index contributed by atoms with van der Waals surface area (Å²) in [6.45, 7) is 2.13. The van der Waals surface area contributed by atoms with Crippen molar-refractivity contribution in [1.29, 1.82) is 0 Å². The van der Waals surface area contributed by atoms with E-state index in [1.165, 1.54) is 0 Å².